The van der Waals surface area contributed by atoms with E-state index in [9.17, 15) is 22.8 Å². The number of aromatic nitrogens is 1. The van der Waals surface area contributed by atoms with Crippen molar-refractivity contribution in [3.8, 4) is 17.0 Å². The maximum atomic E-state index is 12.8. The molecule has 202 valence electrons. The molecule has 0 aliphatic rings. The molecule has 0 bridgehead atoms. The van der Waals surface area contributed by atoms with Crippen LogP contribution < -0.4 is 10.1 Å². The number of carbonyl (C=O) groups excluding carboxylic acids is 1. The zero-order valence-electron chi connectivity index (χ0n) is 21.3. The van der Waals surface area contributed by atoms with Crippen LogP contribution in [0.4, 0.5) is 13.2 Å². The molecule has 0 unspecified atom stereocenters. The summed E-state index contributed by atoms with van der Waals surface area (Å²) in [4.78, 5) is 26.9. The molecular formula is C29H31F3N2O4. The molecular weight excluding hydrogens is 497 g/mol. The maximum absolute atomic E-state index is 12.8. The lowest BCUT2D eigenvalue weighted by Gasteiger charge is -2.24. The van der Waals surface area contributed by atoms with Gasteiger partial charge in [-0.15, -0.1) is 0 Å². The van der Waals surface area contributed by atoms with Gasteiger partial charge in [-0.2, -0.15) is 13.2 Å². The molecule has 6 nitrogen and oxygen atoms in total. The van der Waals surface area contributed by atoms with Crippen LogP contribution >= 0.6 is 0 Å². The predicted octanol–water partition coefficient (Wildman–Crippen LogP) is 6.40. The van der Waals surface area contributed by atoms with Gasteiger partial charge in [0.05, 0.1) is 30.5 Å². The number of aryl methyl sites for hydroxylation is 1. The van der Waals surface area contributed by atoms with Crippen molar-refractivity contribution in [2.24, 2.45) is 5.41 Å². The number of pyridine rings is 1. The Morgan fingerprint density at radius 1 is 0.974 bits per heavy atom. The highest BCUT2D eigenvalue weighted by molar-refractivity contribution is 5.94. The van der Waals surface area contributed by atoms with Gasteiger partial charge in [-0.05, 0) is 66.6 Å². The maximum Gasteiger partial charge on any atom is 0.416 e. The number of benzene rings is 2. The molecule has 0 atom stereocenters. The van der Waals surface area contributed by atoms with Gasteiger partial charge in [-0.3, -0.25) is 14.6 Å². The summed E-state index contributed by atoms with van der Waals surface area (Å²) in [5, 5.41) is 11.2. The van der Waals surface area contributed by atoms with E-state index < -0.39 is 17.7 Å². The third-order valence-electron chi connectivity index (χ3n) is 6.03. The fraction of sp³-hybridized carbons (Fsp3) is 0.345. The molecule has 1 amide bonds. The fourth-order valence-corrected chi connectivity index (χ4v) is 3.80. The number of halogens is 3. The fourth-order valence-electron chi connectivity index (χ4n) is 3.80. The molecule has 0 saturated heterocycles. The number of aliphatic carboxylic acids is 1. The van der Waals surface area contributed by atoms with Crippen molar-refractivity contribution in [1.29, 1.82) is 0 Å². The van der Waals surface area contributed by atoms with Crippen LogP contribution in [0, 0.1) is 5.41 Å². The van der Waals surface area contributed by atoms with Crippen LogP contribution in [-0.2, 0) is 17.4 Å². The van der Waals surface area contributed by atoms with Gasteiger partial charge < -0.3 is 15.2 Å². The average Bonchev–Trinajstić information content (AvgIpc) is 2.87. The van der Waals surface area contributed by atoms with Crippen LogP contribution in [0.3, 0.4) is 0 Å². The first-order valence-corrected chi connectivity index (χ1v) is 12.3. The summed E-state index contributed by atoms with van der Waals surface area (Å²) in [5.41, 5.74) is 1.96. The first-order chi connectivity index (χ1) is 17.9. The van der Waals surface area contributed by atoms with Gasteiger partial charge in [0.1, 0.15) is 5.75 Å². The van der Waals surface area contributed by atoms with E-state index in [1.54, 1.807) is 30.5 Å². The zero-order chi connectivity index (χ0) is 27.8. The normalized spacial score (nSPS) is 11.7. The van der Waals surface area contributed by atoms with E-state index in [0.717, 1.165) is 37.0 Å². The largest absolute Gasteiger partial charge is 0.491 e. The topological polar surface area (TPSA) is 88.5 Å². The van der Waals surface area contributed by atoms with E-state index in [1.165, 1.54) is 12.1 Å². The van der Waals surface area contributed by atoms with Crippen molar-refractivity contribution >= 4 is 11.9 Å². The quantitative estimate of drug-likeness (QED) is 0.284. The van der Waals surface area contributed by atoms with Crippen LogP contribution in [0.5, 0.6) is 5.75 Å². The second kappa shape index (κ2) is 12.6. The SMILES string of the molecule is CC(C)(CCCc1ccc(C(=O)NCCC(=O)O)cc1)COc1ccc(-c2ccc(C(F)(F)F)cc2)nc1. The Bertz CT molecular complexity index is 1210. The smallest absolute Gasteiger partial charge is 0.416 e. The molecule has 0 aliphatic heterocycles. The van der Waals surface area contributed by atoms with Gasteiger partial charge in [0, 0.05) is 17.7 Å². The van der Waals surface area contributed by atoms with E-state index in [1.807, 2.05) is 12.1 Å². The van der Waals surface area contributed by atoms with Crippen LogP contribution in [0.15, 0.2) is 66.9 Å². The van der Waals surface area contributed by atoms with Crippen molar-refractivity contribution in [1.82, 2.24) is 10.3 Å². The van der Waals surface area contributed by atoms with Crippen molar-refractivity contribution < 1.29 is 32.6 Å². The van der Waals surface area contributed by atoms with Gasteiger partial charge in [-0.25, -0.2) is 0 Å². The summed E-state index contributed by atoms with van der Waals surface area (Å²) in [5.74, 6) is -0.663. The summed E-state index contributed by atoms with van der Waals surface area (Å²) in [7, 11) is 0. The number of nitrogens with one attached hydrogen (secondary N) is 1. The Morgan fingerprint density at radius 3 is 2.24 bits per heavy atom. The Kier molecular flexibility index (Phi) is 9.50. The molecule has 1 heterocycles. The van der Waals surface area contributed by atoms with Gasteiger partial charge in [0.25, 0.3) is 5.91 Å². The third kappa shape index (κ3) is 8.90. The molecule has 3 rings (SSSR count). The minimum atomic E-state index is -4.37. The second-order valence-electron chi connectivity index (χ2n) is 9.86. The van der Waals surface area contributed by atoms with Crippen molar-refractivity contribution in [2.75, 3.05) is 13.2 Å². The molecule has 0 spiro atoms. The standard InChI is InChI=1S/C29H31F3N2O4/c1-28(2,16-3-4-20-5-7-22(8-6-20)27(37)33-17-15-26(35)36)19-38-24-13-14-25(34-18-24)21-9-11-23(12-10-21)29(30,31)32/h5-14,18H,3-4,15-17,19H2,1-2H3,(H,33,37)(H,35,36). The number of ether oxygens (including phenoxy) is 1. The molecule has 2 N–H and O–H groups in total. The minimum absolute atomic E-state index is 0.0897. The molecule has 0 radical (unpaired) electrons. The van der Waals surface area contributed by atoms with E-state index in [2.05, 4.69) is 24.1 Å². The zero-order valence-corrected chi connectivity index (χ0v) is 21.3. The van der Waals surface area contributed by atoms with E-state index >= 15 is 0 Å². The number of carboxylic acid groups (broad SMARTS) is 1. The molecule has 3 aromatic rings. The second-order valence-corrected chi connectivity index (χ2v) is 9.86. The van der Waals surface area contributed by atoms with Crippen LogP contribution in [0.1, 0.15) is 54.6 Å². The summed E-state index contributed by atoms with van der Waals surface area (Å²) in [6, 6.07) is 15.6. The van der Waals surface area contributed by atoms with Crippen molar-refractivity contribution in [3.05, 3.63) is 83.6 Å². The number of nitrogens with zero attached hydrogens (tertiary/aromatic N) is 1. The lowest BCUT2D eigenvalue weighted by Crippen LogP contribution is -2.25. The number of amides is 1. The van der Waals surface area contributed by atoms with E-state index in [-0.39, 0.29) is 24.3 Å². The highest BCUT2D eigenvalue weighted by Crippen LogP contribution is 2.31. The third-order valence-corrected chi connectivity index (χ3v) is 6.03. The Balaban J connectivity index is 1.43. The lowest BCUT2D eigenvalue weighted by atomic mass is 9.87. The summed E-state index contributed by atoms with van der Waals surface area (Å²) in [6.45, 7) is 4.79. The number of rotatable bonds is 12. The van der Waals surface area contributed by atoms with E-state index in [4.69, 9.17) is 9.84 Å². The van der Waals surface area contributed by atoms with Gasteiger partial charge in [-0.1, -0.05) is 38.1 Å². The summed E-state index contributed by atoms with van der Waals surface area (Å²) >= 11 is 0. The molecule has 1 aromatic heterocycles. The highest BCUT2D eigenvalue weighted by Gasteiger charge is 2.30. The van der Waals surface area contributed by atoms with Gasteiger partial charge >= 0.3 is 12.1 Å². The molecule has 0 aliphatic carbocycles. The molecule has 0 saturated carbocycles. The van der Waals surface area contributed by atoms with Crippen LogP contribution in [0.25, 0.3) is 11.3 Å². The molecule has 2 aromatic carbocycles. The first kappa shape index (κ1) is 28.7. The Hall–Kier alpha value is -3.88. The number of alkyl halides is 3. The molecule has 9 heteroatoms. The Labute approximate surface area is 219 Å². The Morgan fingerprint density at radius 2 is 1.66 bits per heavy atom. The number of hydrogen-bond donors (Lipinski definition) is 2. The van der Waals surface area contributed by atoms with Crippen LogP contribution in [-0.4, -0.2) is 35.1 Å². The first-order valence-electron chi connectivity index (χ1n) is 12.3. The van der Waals surface area contributed by atoms with Crippen molar-refractivity contribution in [3.63, 3.8) is 0 Å². The summed E-state index contributed by atoms with van der Waals surface area (Å²) < 4.78 is 44.2. The van der Waals surface area contributed by atoms with Crippen LogP contribution in [0.2, 0.25) is 0 Å². The number of hydrogen-bond acceptors (Lipinski definition) is 4. The number of carbonyl (C=O) groups is 2. The molecule has 38 heavy (non-hydrogen) atoms. The average molecular weight is 529 g/mol. The predicted molar refractivity (Wildman–Crippen MR) is 138 cm³/mol. The minimum Gasteiger partial charge on any atom is -0.491 e. The van der Waals surface area contributed by atoms with Crippen molar-refractivity contribution in [2.45, 2.75) is 45.7 Å². The van der Waals surface area contributed by atoms with E-state index in [0.29, 0.717) is 29.2 Å². The van der Waals surface area contributed by atoms with Gasteiger partial charge in [0.2, 0.25) is 0 Å². The lowest BCUT2D eigenvalue weighted by molar-refractivity contribution is -0.138. The monoisotopic (exact) mass is 528 g/mol. The molecule has 0 fully saturated rings. The summed E-state index contributed by atoms with van der Waals surface area (Å²) in [6.07, 6.45) is -0.248. The highest BCUT2D eigenvalue weighted by atomic mass is 19.4. The van der Waals surface area contributed by atoms with Gasteiger partial charge in [0.15, 0.2) is 0 Å². The number of carboxylic acids is 1.